The van der Waals surface area contributed by atoms with Crippen molar-refractivity contribution >= 4 is 5.91 Å². The number of nitrogens with one attached hydrogen (secondary N) is 2. The van der Waals surface area contributed by atoms with Gasteiger partial charge in [0, 0.05) is 12.5 Å². The van der Waals surface area contributed by atoms with Gasteiger partial charge in [0.15, 0.2) is 0 Å². The zero-order chi connectivity index (χ0) is 10.7. The van der Waals surface area contributed by atoms with E-state index in [-0.39, 0.29) is 18.1 Å². The molecule has 1 aromatic rings. The monoisotopic (exact) mass is 204 g/mol. The molecule has 2 rings (SSSR count). The van der Waals surface area contributed by atoms with E-state index < -0.39 is 0 Å². The van der Waals surface area contributed by atoms with Crippen LogP contribution in [0.25, 0.3) is 0 Å². The van der Waals surface area contributed by atoms with Crippen LogP contribution in [0.2, 0.25) is 0 Å². The van der Waals surface area contributed by atoms with Gasteiger partial charge in [0.05, 0.1) is 6.17 Å². The van der Waals surface area contributed by atoms with E-state index in [1.54, 1.807) is 0 Å². The largest absolute Gasteiger partial charge is 0.341 e. The molecule has 1 heterocycles. The maximum absolute atomic E-state index is 11.0. The minimum atomic E-state index is 0.132. The average Bonchev–Trinajstić information content (AvgIpc) is 2.65. The van der Waals surface area contributed by atoms with Crippen LogP contribution in [0.15, 0.2) is 30.3 Å². The van der Waals surface area contributed by atoms with E-state index >= 15 is 0 Å². The molecule has 1 saturated heterocycles. The van der Waals surface area contributed by atoms with E-state index in [2.05, 4.69) is 29.7 Å². The van der Waals surface area contributed by atoms with Gasteiger partial charge in [0.1, 0.15) is 0 Å². The van der Waals surface area contributed by atoms with Crippen molar-refractivity contribution in [1.29, 1.82) is 0 Å². The van der Waals surface area contributed by atoms with E-state index in [9.17, 15) is 4.79 Å². The Bertz CT molecular complexity index is 337. The number of carbonyl (C=O) groups is 1. The van der Waals surface area contributed by atoms with Gasteiger partial charge in [-0.3, -0.25) is 10.1 Å². The zero-order valence-electron chi connectivity index (χ0n) is 8.86. The number of carbonyl (C=O) groups excluding carboxylic acids is 1. The van der Waals surface area contributed by atoms with Crippen molar-refractivity contribution in [3.63, 3.8) is 0 Å². The molecular formula is C12H16N2O. The smallest absolute Gasteiger partial charge is 0.221 e. The summed E-state index contributed by atoms with van der Waals surface area (Å²) in [5.74, 6) is 0.146. The summed E-state index contributed by atoms with van der Waals surface area (Å²) < 4.78 is 0. The molecule has 2 N–H and O–H groups in total. The van der Waals surface area contributed by atoms with Crippen molar-refractivity contribution in [3.8, 4) is 0 Å². The summed E-state index contributed by atoms with van der Waals surface area (Å²) in [6.07, 6.45) is 1.66. The van der Waals surface area contributed by atoms with Gasteiger partial charge >= 0.3 is 0 Å². The van der Waals surface area contributed by atoms with E-state index in [1.807, 2.05) is 18.2 Å². The Balaban J connectivity index is 1.92. The van der Waals surface area contributed by atoms with Gasteiger partial charge in [-0.25, -0.2) is 0 Å². The predicted octanol–water partition coefficient (Wildman–Crippen LogP) is 1.57. The first-order valence-electron chi connectivity index (χ1n) is 5.36. The van der Waals surface area contributed by atoms with Crippen LogP contribution in [-0.4, -0.2) is 12.1 Å². The first kappa shape index (κ1) is 10.2. The van der Waals surface area contributed by atoms with Crippen LogP contribution in [0.3, 0.4) is 0 Å². The topological polar surface area (TPSA) is 41.1 Å². The lowest BCUT2D eigenvalue weighted by Gasteiger charge is -2.19. The van der Waals surface area contributed by atoms with E-state index in [0.29, 0.717) is 6.42 Å². The van der Waals surface area contributed by atoms with Gasteiger partial charge in [0.2, 0.25) is 5.91 Å². The molecule has 3 heteroatoms. The lowest BCUT2D eigenvalue weighted by Crippen LogP contribution is -2.40. The summed E-state index contributed by atoms with van der Waals surface area (Å²) in [5.41, 5.74) is 1.25. The zero-order valence-corrected chi connectivity index (χ0v) is 8.86. The molecule has 1 amide bonds. The standard InChI is InChI=1S/C12H16N2O/c1-9(10-5-3-2-4-6-10)13-11-7-8-12(15)14-11/h2-6,9,11,13H,7-8H2,1H3,(H,14,15). The molecule has 1 aliphatic heterocycles. The Hall–Kier alpha value is -1.35. The molecule has 1 aromatic carbocycles. The maximum Gasteiger partial charge on any atom is 0.221 e. The minimum absolute atomic E-state index is 0.132. The van der Waals surface area contributed by atoms with Crippen molar-refractivity contribution in [3.05, 3.63) is 35.9 Å². The summed E-state index contributed by atoms with van der Waals surface area (Å²) in [5, 5.41) is 6.30. The van der Waals surface area contributed by atoms with Gasteiger partial charge in [0.25, 0.3) is 0 Å². The van der Waals surface area contributed by atoms with Crippen LogP contribution in [0.5, 0.6) is 0 Å². The number of rotatable bonds is 3. The molecule has 0 aromatic heterocycles. The predicted molar refractivity (Wildman–Crippen MR) is 59.2 cm³/mol. The van der Waals surface area contributed by atoms with Crippen LogP contribution in [0, 0.1) is 0 Å². The Morgan fingerprint density at radius 1 is 1.40 bits per heavy atom. The molecule has 2 unspecified atom stereocenters. The molecule has 80 valence electrons. The Morgan fingerprint density at radius 2 is 2.13 bits per heavy atom. The summed E-state index contributed by atoms with van der Waals surface area (Å²) in [6, 6.07) is 10.5. The first-order valence-corrected chi connectivity index (χ1v) is 5.36. The Kier molecular flexibility index (Phi) is 3.02. The second-order valence-electron chi connectivity index (χ2n) is 3.96. The molecule has 0 bridgehead atoms. The van der Waals surface area contributed by atoms with Crippen LogP contribution in [-0.2, 0) is 4.79 Å². The van der Waals surface area contributed by atoms with Crippen LogP contribution in [0.1, 0.15) is 31.4 Å². The maximum atomic E-state index is 11.0. The van der Waals surface area contributed by atoms with Crippen molar-refractivity contribution in [2.45, 2.75) is 32.0 Å². The quantitative estimate of drug-likeness (QED) is 0.784. The van der Waals surface area contributed by atoms with Crippen molar-refractivity contribution in [2.75, 3.05) is 0 Å². The van der Waals surface area contributed by atoms with Gasteiger partial charge in [-0.05, 0) is 18.9 Å². The fourth-order valence-corrected chi connectivity index (χ4v) is 1.88. The molecule has 0 saturated carbocycles. The third-order valence-corrected chi connectivity index (χ3v) is 2.75. The van der Waals surface area contributed by atoms with Crippen molar-refractivity contribution < 1.29 is 4.79 Å². The Labute approximate surface area is 89.9 Å². The second-order valence-corrected chi connectivity index (χ2v) is 3.96. The fraction of sp³-hybridized carbons (Fsp3) is 0.417. The molecule has 0 radical (unpaired) electrons. The highest BCUT2D eigenvalue weighted by molar-refractivity contribution is 5.78. The number of benzene rings is 1. The van der Waals surface area contributed by atoms with Crippen molar-refractivity contribution in [2.24, 2.45) is 0 Å². The van der Waals surface area contributed by atoms with Gasteiger partial charge in [-0.2, -0.15) is 0 Å². The van der Waals surface area contributed by atoms with Gasteiger partial charge < -0.3 is 5.32 Å². The lowest BCUT2D eigenvalue weighted by atomic mass is 10.1. The van der Waals surface area contributed by atoms with Crippen LogP contribution < -0.4 is 10.6 Å². The lowest BCUT2D eigenvalue weighted by molar-refractivity contribution is -0.119. The van der Waals surface area contributed by atoms with Crippen LogP contribution >= 0.6 is 0 Å². The minimum Gasteiger partial charge on any atom is -0.341 e. The summed E-state index contributed by atoms with van der Waals surface area (Å²) >= 11 is 0. The van der Waals surface area contributed by atoms with Crippen LogP contribution in [0.4, 0.5) is 0 Å². The van der Waals surface area contributed by atoms with Gasteiger partial charge in [-0.1, -0.05) is 30.3 Å². The molecule has 15 heavy (non-hydrogen) atoms. The SMILES string of the molecule is CC(NC1CCC(=O)N1)c1ccccc1. The molecule has 1 aliphatic rings. The highest BCUT2D eigenvalue weighted by Gasteiger charge is 2.21. The highest BCUT2D eigenvalue weighted by atomic mass is 16.2. The fourth-order valence-electron chi connectivity index (χ4n) is 1.88. The van der Waals surface area contributed by atoms with E-state index in [1.165, 1.54) is 5.56 Å². The molecule has 1 fully saturated rings. The van der Waals surface area contributed by atoms with Gasteiger partial charge in [-0.15, -0.1) is 0 Å². The normalized spacial score (nSPS) is 22.5. The third-order valence-electron chi connectivity index (χ3n) is 2.75. The molecule has 0 aliphatic carbocycles. The first-order chi connectivity index (χ1) is 7.25. The Morgan fingerprint density at radius 3 is 2.73 bits per heavy atom. The van der Waals surface area contributed by atoms with Crippen molar-refractivity contribution in [1.82, 2.24) is 10.6 Å². The summed E-state index contributed by atoms with van der Waals surface area (Å²) in [4.78, 5) is 11.0. The summed E-state index contributed by atoms with van der Waals surface area (Å²) in [7, 11) is 0. The number of hydrogen-bond acceptors (Lipinski definition) is 2. The molecule has 0 spiro atoms. The summed E-state index contributed by atoms with van der Waals surface area (Å²) in [6.45, 7) is 2.11. The number of hydrogen-bond donors (Lipinski definition) is 2. The molecular weight excluding hydrogens is 188 g/mol. The van der Waals surface area contributed by atoms with E-state index in [0.717, 1.165) is 6.42 Å². The highest BCUT2D eigenvalue weighted by Crippen LogP contribution is 2.14. The van der Waals surface area contributed by atoms with E-state index in [4.69, 9.17) is 0 Å². The molecule has 2 atom stereocenters. The second kappa shape index (κ2) is 4.45. The average molecular weight is 204 g/mol. The number of amides is 1. The third kappa shape index (κ3) is 2.57. The molecule has 3 nitrogen and oxygen atoms in total.